The van der Waals surface area contributed by atoms with Crippen LogP contribution in [0.15, 0.2) is 35.3 Å². The van der Waals surface area contributed by atoms with Crippen molar-refractivity contribution in [3.05, 3.63) is 30.3 Å². The summed E-state index contributed by atoms with van der Waals surface area (Å²) in [5.41, 5.74) is 1.34. The average molecular weight is 444 g/mol. The molecule has 0 spiro atoms. The molecule has 0 amide bonds. The second kappa shape index (κ2) is 13.3. The molecule has 3 rings (SSSR count). The largest absolute Gasteiger partial charge is 0.466 e. The van der Waals surface area contributed by atoms with Crippen molar-refractivity contribution >= 4 is 17.6 Å². The first kappa shape index (κ1) is 24.4. The van der Waals surface area contributed by atoms with Gasteiger partial charge in [-0.05, 0) is 58.2 Å². The van der Waals surface area contributed by atoms with Crippen LogP contribution in [0.4, 0.5) is 5.69 Å². The summed E-state index contributed by atoms with van der Waals surface area (Å²) in [5, 5.41) is 3.43. The molecule has 2 fully saturated rings. The SMILES string of the molecule is CCNC(=NCCCCN1CCN(c2ccccc2)CC1)N1CCC(C(=O)OCC)CC1. The molecule has 0 bridgehead atoms. The third kappa shape index (κ3) is 7.40. The Hall–Kier alpha value is -2.28. The second-order valence-electron chi connectivity index (χ2n) is 8.62. The average Bonchev–Trinajstić information content (AvgIpc) is 2.84. The van der Waals surface area contributed by atoms with E-state index in [1.165, 1.54) is 12.1 Å². The van der Waals surface area contributed by atoms with Gasteiger partial charge in [-0.1, -0.05) is 18.2 Å². The first-order chi connectivity index (χ1) is 15.7. The minimum atomic E-state index is -0.0429. The number of carbonyl (C=O) groups excluding carboxylic acids is 1. The highest BCUT2D eigenvalue weighted by Crippen LogP contribution is 2.19. The topological polar surface area (TPSA) is 60.4 Å². The molecule has 7 heteroatoms. The molecular weight excluding hydrogens is 402 g/mol. The van der Waals surface area contributed by atoms with E-state index in [1.807, 2.05) is 6.92 Å². The molecule has 0 unspecified atom stereocenters. The van der Waals surface area contributed by atoms with Gasteiger partial charge in [0.05, 0.1) is 12.5 Å². The van der Waals surface area contributed by atoms with Gasteiger partial charge >= 0.3 is 5.97 Å². The number of unbranched alkanes of at least 4 members (excludes halogenated alkanes) is 1. The van der Waals surface area contributed by atoms with Crippen LogP contribution < -0.4 is 10.2 Å². The van der Waals surface area contributed by atoms with Crippen molar-refractivity contribution in [2.75, 3.05) is 70.4 Å². The van der Waals surface area contributed by atoms with E-state index in [9.17, 15) is 4.79 Å². The van der Waals surface area contributed by atoms with Crippen LogP contribution >= 0.6 is 0 Å². The molecule has 32 heavy (non-hydrogen) atoms. The number of carbonyl (C=O) groups is 1. The van der Waals surface area contributed by atoms with Crippen LogP contribution in [-0.2, 0) is 9.53 Å². The maximum atomic E-state index is 12.0. The molecule has 1 aromatic rings. The summed E-state index contributed by atoms with van der Waals surface area (Å²) >= 11 is 0. The Morgan fingerprint density at radius 1 is 1.03 bits per heavy atom. The van der Waals surface area contributed by atoms with Crippen molar-refractivity contribution in [1.29, 1.82) is 0 Å². The molecule has 2 aliphatic rings. The number of para-hydroxylation sites is 1. The van der Waals surface area contributed by atoms with E-state index in [-0.39, 0.29) is 11.9 Å². The molecule has 0 aliphatic carbocycles. The van der Waals surface area contributed by atoms with E-state index >= 15 is 0 Å². The Bertz CT molecular complexity index is 696. The monoisotopic (exact) mass is 443 g/mol. The molecule has 0 atom stereocenters. The van der Waals surface area contributed by atoms with Crippen molar-refractivity contribution in [3.8, 4) is 0 Å². The van der Waals surface area contributed by atoms with Crippen LogP contribution in [0.3, 0.4) is 0 Å². The van der Waals surface area contributed by atoms with Gasteiger partial charge in [-0.15, -0.1) is 0 Å². The summed E-state index contributed by atoms with van der Waals surface area (Å²) in [6.07, 6.45) is 3.97. The summed E-state index contributed by atoms with van der Waals surface area (Å²) in [6, 6.07) is 10.7. The highest BCUT2D eigenvalue weighted by Gasteiger charge is 2.27. The molecule has 1 aromatic carbocycles. The van der Waals surface area contributed by atoms with Crippen LogP contribution in [0.2, 0.25) is 0 Å². The number of nitrogens with one attached hydrogen (secondary N) is 1. The van der Waals surface area contributed by atoms with E-state index in [0.717, 1.165) is 84.1 Å². The highest BCUT2D eigenvalue weighted by molar-refractivity contribution is 5.80. The van der Waals surface area contributed by atoms with Crippen molar-refractivity contribution in [2.24, 2.45) is 10.9 Å². The summed E-state index contributed by atoms with van der Waals surface area (Å²) in [5.74, 6) is 0.987. The standard InChI is InChI=1S/C25H41N5O2/c1-3-26-25(30-16-12-22(13-17-30)24(31)32-4-2)27-14-8-9-15-28-18-20-29(21-19-28)23-10-6-5-7-11-23/h5-7,10-11,22H,3-4,8-9,12-21H2,1-2H3,(H,26,27). The number of benzene rings is 1. The predicted octanol–water partition coefficient (Wildman–Crippen LogP) is 2.83. The Morgan fingerprint density at radius 3 is 2.41 bits per heavy atom. The fraction of sp³-hybridized carbons (Fsp3) is 0.680. The summed E-state index contributed by atoms with van der Waals surface area (Å²) < 4.78 is 5.18. The molecule has 7 nitrogen and oxygen atoms in total. The molecule has 2 heterocycles. The van der Waals surface area contributed by atoms with Gasteiger partial charge in [-0.3, -0.25) is 14.7 Å². The minimum absolute atomic E-state index is 0.0384. The van der Waals surface area contributed by atoms with Gasteiger partial charge in [0.1, 0.15) is 0 Å². The minimum Gasteiger partial charge on any atom is -0.466 e. The van der Waals surface area contributed by atoms with E-state index in [0.29, 0.717) is 6.61 Å². The Labute approximate surface area is 193 Å². The van der Waals surface area contributed by atoms with Gasteiger partial charge in [0.25, 0.3) is 0 Å². The number of piperazine rings is 1. The van der Waals surface area contributed by atoms with Gasteiger partial charge < -0.3 is 19.9 Å². The third-order valence-electron chi connectivity index (χ3n) is 6.39. The number of ether oxygens (including phenoxy) is 1. The lowest BCUT2D eigenvalue weighted by Gasteiger charge is -2.36. The number of rotatable bonds is 9. The number of guanidine groups is 1. The van der Waals surface area contributed by atoms with E-state index in [4.69, 9.17) is 9.73 Å². The number of hydrogen-bond acceptors (Lipinski definition) is 5. The van der Waals surface area contributed by atoms with Gasteiger partial charge in [0.15, 0.2) is 5.96 Å². The fourth-order valence-electron chi connectivity index (χ4n) is 4.51. The Kier molecular flexibility index (Phi) is 10.1. The number of esters is 1. The van der Waals surface area contributed by atoms with Crippen LogP contribution in [-0.4, -0.2) is 87.2 Å². The molecular formula is C25H41N5O2. The fourth-order valence-corrected chi connectivity index (χ4v) is 4.51. The van der Waals surface area contributed by atoms with E-state index in [2.05, 4.69) is 57.3 Å². The normalized spacial score (nSPS) is 18.6. The van der Waals surface area contributed by atoms with Crippen LogP contribution in [0.25, 0.3) is 0 Å². The first-order valence-corrected chi connectivity index (χ1v) is 12.4. The molecule has 1 N–H and O–H groups in total. The maximum Gasteiger partial charge on any atom is 0.309 e. The zero-order valence-electron chi connectivity index (χ0n) is 20.0. The lowest BCUT2D eigenvalue weighted by Crippen LogP contribution is -2.47. The second-order valence-corrected chi connectivity index (χ2v) is 8.62. The van der Waals surface area contributed by atoms with Gasteiger partial charge in [0, 0.05) is 58.0 Å². The lowest BCUT2D eigenvalue weighted by molar-refractivity contribution is -0.149. The quantitative estimate of drug-likeness (QED) is 0.274. The van der Waals surface area contributed by atoms with E-state index < -0.39 is 0 Å². The Morgan fingerprint density at radius 2 is 1.75 bits per heavy atom. The lowest BCUT2D eigenvalue weighted by atomic mass is 9.97. The van der Waals surface area contributed by atoms with Crippen LogP contribution in [0.5, 0.6) is 0 Å². The zero-order chi connectivity index (χ0) is 22.6. The number of hydrogen-bond donors (Lipinski definition) is 1. The van der Waals surface area contributed by atoms with Crippen LogP contribution in [0, 0.1) is 5.92 Å². The summed E-state index contributed by atoms with van der Waals surface area (Å²) in [7, 11) is 0. The number of piperidine rings is 1. The highest BCUT2D eigenvalue weighted by atomic mass is 16.5. The molecule has 2 aliphatic heterocycles. The molecule has 0 radical (unpaired) electrons. The smallest absolute Gasteiger partial charge is 0.309 e. The van der Waals surface area contributed by atoms with Crippen molar-refractivity contribution in [2.45, 2.75) is 39.5 Å². The molecule has 0 saturated carbocycles. The van der Waals surface area contributed by atoms with Gasteiger partial charge in [0.2, 0.25) is 0 Å². The molecule has 178 valence electrons. The number of anilines is 1. The van der Waals surface area contributed by atoms with E-state index in [1.54, 1.807) is 0 Å². The molecule has 0 aromatic heterocycles. The van der Waals surface area contributed by atoms with Crippen molar-refractivity contribution < 1.29 is 9.53 Å². The van der Waals surface area contributed by atoms with Gasteiger partial charge in [-0.25, -0.2) is 0 Å². The van der Waals surface area contributed by atoms with Crippen molar-refractivity contribution in [3.63, 3.8) is 0 Å². The summed E-state index contributed by atoms with van der Waals surface area (Å²) in [6.45, 7) is 13.5. The molecule has 2 saturated heterocycles. The van der Waals surface area contributed by atoms with Crippen molar-refractivity contribution in [1.82, 2.24) is 15.1 Å². The summed E-state index contributed by atoms with van der Waals surface area (Å²) in [4.78, 5) is 24.2. The third-order valence-corrected chi connectivity index (χ3v) is 6.39. The van der Waals surface area contributed by atoms with Gasteiger partial charge in [-0.2, -0.15) is 0 Å². The number of aliphatic imine (C=N–C) groups is 1. The maximum absolute atomic E-state index is 12.0. The predicted molar refractivity (Wildman–Crippen MR) is 131 cm³/mol. The zero-order valence-corrected chi connectivity index (χ0v) is 20.0. The number of likely N-dealkylation sites (tertiary alicyclic amines) is 1. The first-order valence-electron chi connectivity index (χ1n) is 12.4. The Balaban J connectivity index is 1.34. The number of nitrogens with zero attached hydrogens (tertiary/aromatic N) is 4. The van der Waals surface area contributed by atoms with Crippen LogP contribution in [0.1, 0.15) is 39.5 Å².